The highest BCUT2D eigenvalue weighted by Crippen LogP contribution is 2.36. The lowest BCUT2D eigenvalue weighted by atomic mass is 9.79. The van der Waals surface area contributed by atoms with Crippen molar-refractivity contribution in [2.45, 2.75) is 45.8 Å². The number of aromatic nitrogens is 2. The van der Waals surface area contributed by atoms with Crippen molar-refractivity contribution >= 4 is 30.8 Å². The molecular formula is C13H20BN3O7. The molecule has 2 rings (SSSR count). The Labute approximate surface area is 139 Å². The Balaban J connectivity index is 0.000000351. The van der Waals surface area contributed by atoms with E-state index in [-0.39, 0.29) is 17.2 Å². The topological polar surface area (TPSA) is 154 Å². The maximum atomic E-state index is 9.21. The molecular weight excluding hydrogens is 321 g/mol. The lowest BCUT2D eigenvalue weighted by Crippen LogP contribution is -2.41. The van der Waals surface area contributed by atoms with Crippen LogP contribution >= 0.6 is 0 Å². The number of carboxylic acid groups (broad SMARTS) is 2. The van der Waals surface area contributed by atoms with Crippen molar-refractivity contribution in [1.82, 2.24) is 9.97 Å². The molecule has 4 N–H and O–H groups in total. The van der Waals surface area contributed by atoms with E-state index in [1.54, 1.807) is 6.20 Å². The van der Waals surface area contributed by atoms with E-state index < -0.39 is 19.4 Å². The molecule has 1 fully saturated rings. The summed E-state index contributed by atoms with van der Waals surface area (Å²) in [6.45, 7) is 9.93. The molecule has 1 aliphatic heterocycles. The van der Waals surface area contributed by atoms with Gasteiger partial charge in [0.2, 0.25) is 5.95 Å². The van der Waals surface area contributed by atoms with Crippen LogP contribution in [0.5, 0.6) is 0 Å². The van der Waals surface area contributed by atoms with Gasteiger partial charge in [-0.2, -0.15) is 0 Å². The van der Waals surface area contributed by atoms with E-state index >= 15 is 0 Å². The maximum absolute atomic E-state index is 9.21. The lowest BCUT2D eigenvalue weighted by Gasteiger charge is -2.32. The lowest BCUT2D eigenvalue weighted by molar-refractivity contribution is 0.00578. The molecule has 10 nitrogen and oxygen atoms in total. The SMILES string of the molecule is Cc1nc(N)ncc1B1OC(C)(C)C(C)(C)O1.O=C(O)OC(=O)O. The van der Waals surface area contributed by atoms with Crippen LogP contribution in [-0.2, 0) is 14.0 Å². The van der Waals surface area contributed by atoms with Crippen LogP contribution in [0, 0.1) is 6.92 Å². The number of anilines is 1. The maximum Gasteiger partial charge on any atom is 0.516 e. The van der Waals surface area contributed by atoms with Crippen molar-refractivity contribution in [3.8, 4) is 0 Å². The van der Waals surface area contributed by atoms with Gasteiger partial charge in [0.05, 0.1) is 11.2 Å². The van der Waals surface area contributed by atoms with Crippen LogP contribution in [0.4, 0.5) is 15.5 Å². The highest BCUT2D eigenvalue weighted by Gasteiger charge is 2.52. The van der Waals surface area contributed by atoms with Gasteiger partial charge in [-0.1, -0.05) is 0 Å². The smallest absolute Gasteiger partial charge is 0.449 e. The number of nitrogen functional groups attached to an aromatic ring is 1. The summed E-state index contributed by atoms with van der Waals surface area (Å²) in [4.78, 5) is 26.5. The van der Waals surface area contributed by atoms with Crippen LogP contribution in [-0.4, -0.2) is 50.8 Å². The number of hydrogen-bond donors (Lipinski definition) is 3. The Morgan fingerprint density at radius 2 is 1.62 bits per heavy atom. The standard InChI is InChI=1S/C11H18BN3O2.C2H2O5/c1-7-8(6-14-9(13)15-7)12-16-10(2,3)11(4,5)17-12;3-1(4)7-2(5)6/h6H,1-5H3,(H2,13,14,15);(H,3,4)(H,5,6). The summed E-state index contributed by atoms with van der Waals surface area (Å²) in [6.07, 6.45) is -1.96. The van der Waals surface area contributed by atoms with Gasteiger partial charge in [0.25, 0.3) is 0 Å². The second-order valence-corrected chi connectivity index (χ2v) is 5.99. The number of nitrogens with two attached hydrogens (primary N) is 1. The van der Waals surface area contributed by atoms with Gasteiger partial charge in [0, 0.05) is 17.4 Å². The molecule has 0 bridgehead atoms. The molecule has 0 saturated carbocycles. The zero-order valence-electron chi connectivity index (χ0n) is 14.1. The fourth-order valence-electron chi connectivity index (χ4n) is 1.77. The summed E-state index contributed by atoms with van der Waals surface area (Å²) in [6, 6.07) is 0. The number of nitrogens with zero attached hydrogens (tertiary/aromatic N) is 2. The minimum atomic E-state index is -1.81. The molecule has 132 valence electrons. The fraction of sp³-hybridized carbons (Fsp3) is 0.538. The largest absolute Gasteiger partial charge is 0.516 e. The van der Waals surface area contributed by atoms with Crippen molar-refractivity contribution in [3.05, 3.63) is 11.9 Å². The van der Waals surface area contributed by atoms with Gasteiger partial charge in [-0.15, -0.1) is 0 Å². The normalized spacial score (nSPS) is 17.6. The van der Waals surface area contributed by atoms with Crippen LogP contribution in [0.1, 0.15) is 33.4 Å². The van der Waals surface area contributed by atoms with E-state index in [1.807, 2.05) is 34.6 Å². The highest BCUT2D eigenvalue weighted by atomic mass is 16.7. The van der Waals surface area contributed by atoms with Gasteiger partial charge in [0.1, 0.15) is 0 Å². The first kappa shape index (κ1) is 19.7. The van der Waals surface area contributed by atoms with E-state index in [0.717, 1.165) is 11.2 Å². The van der Waals surface area contributed by atoms with Crippen molar-refractivity contribution in [1.29, 1.82) is 0 Å². The van der Waals surface area contributed by atoms with Crippen molar-refractivity contribution in [2.75, 3.05) is 5.73 Å². The van der Waals surface area contributed by atoms with Crippen LogP contribution in [0.3, 0.4) is 0 Å². The Morgan fingerprint density at radius 1 is 1.17 bits per heavy atom. The predicted octanol–water partition coefficient (Wildman–Crippen LogP) is 1.03. The summed E-state index contributed by atoms with van der Waals surface area (Å²) < 4.78 is 14.9. The molecule has 0 atom stereocenters. The molecule has 1 aliphatic rings. The van der Waals surface area contributed by atoms with E-state index in [1.165, 1.54) is 0 Å². The second-order valence-electron chi connectivity index (χ2n) is 5.99. The molecule has 1 aromatic heterocycles. The quantitative estimate of drug-likeness (QED) is 0.383. The van der Waals surface area contributed by atoms with E-state index in [0.29, 0.717) is 0 Å². The van der Waals surface area contributed by atoms with E-state index in [9.17, 15) is 9.59 Å². The summed E-state index contributed by atoms with van der Waals surface area (Å²) >= 11 is 0. The molecule has 1 saturated heterocycles. The third-order valence-electron chi connectivity index (χ3n) is 3.72. The van der Waals surface area contributed by atoms with E-state index in [4.69, 9.17) is 25.3 Å². The average Bonchev–Trinajstić information content (AvgIpc) is 2.56. The van der Waals surface area contributed by atoms with Gasteiger partial charge in [-0.3, -0.25) is 0 Å². The van der Waals surface area contributed by atoms with Crippen LogP contribution in [0.25, 0.3) is 0 Å². The Kier molecular flexibility index (Phi) is 5.74. The molecule has 24 heavy (non-hydrogen) atoms. The molecule has 0 aromatic carbocycles. The Bertz CT molecular complexity index is 608. The highest BCUT2D eigenvalue weighted by molar-refractivity contribution is 6.62. The molecule has 2 heterocycles. The zero-order chi connectivity index (χ0) is 18.7. The predicted molar refractivity (Wildman–Crippen MR) is 84.0 cm³/mol. The van der Waals surface area contributed by atoms with Crippen LogP contribution in [0.15, 0.2) is 6.20 Å². The van der Waals surface area contributed by atoms with Crippen molar-refractivity contribution in [2.24, 2.45) is 0 Å². The molecule has 0 radical (unpaired) electrons. The number of rotatable bonds is 1. The first-order chi connectivity index (χ1) is 10.9. The molecule has 1 aromatic rings. The van der Waals surface area contributed by atoms with Crippen LogP contribution in [0.2, 0.25) is 0 Å². The number of carbonyl (C=O) groups is 2. The summed E-state index contributed by atoms with van der Waals surface area (Å²) in [5, 5.41) is 15.0. The summed E-state index contributed by atoms with van der Waals surface area (Å²) in [5.41, 5.74) is 6.44. The third kappa shape index (κ3) is 4.80. The molecule has 0 unspecified atom stereocenters. The van der Waals surface area contributed by atoms with Crippen LogP contribution < -0.4 is 11.2 Å². The zero-order valence-corrected chi connectivity index (χ0v) is 14.1. The third-order valence-corrected chi connectivity index (χ3v) is 3.72. The first-order valence-electron chi connectivity index (χ1n) is 6.94. The molecule has 11 heteroatoms. The molecule has 0 amide bonds. The average molecular weight is 341 g/mol. The summed E-state index contributed by atoms with van der Waals surface area (Å²) in [5.74, 6) is 0.266. The van der Waals surface area contributed by atoms with Gasteiger partial charge >= 0.3 is 19.4 Å². The molecule has 0 spiro atoms. The number of hydrogen-bond acceptors (Lipinski definition) is 8. The van der Waals surface area contributed by atoms with Crippen molar-refractivity contribution in [3.63, 3.8) is 0 Å². The van der Waals surface area contributed by atoms with Gasteiger partial charge in [0.15, 0.2) is 0 Å². The Morgan fingerprint density at radius 3 is 1.96 bits per heavy atom. The van der Waals surface area contributed by atoms with E-state index in [2.05, 4.69) is 14.7 Å². The first-order valence-corrected chi connectivity index (χ1v) is 6.94. The molecule has 0 aliphatic carbocycles. The van der Waals surface area contributed by atoms with Gasteiger partial charge < -0.3 is 30.0 Å². The minimum Gasteiger partial charge on any atom is -0.449 e. The summed E-state index contributed by atoms with van der Waals surface area (Å²) in [7, 11) is -0.430. The van der Waals surface area contributed by atoms with Crippen molar-refractivity contribution < 1.29 is 33.8 Å². The van der Waals surface area contributed by atoms with Gasteiger partial charge in [-0.05, 0) is 34.6 Å². The fourth-order valence-corrected chi connectivity index (χ4v) is 1.77. The van der Waals surface area contributed by atoms with Gasteiger partial charge in [-0.25, -0.2) is 19.6 Å². The number of aryl methyl sites for hydroxylation is 1. The Hall–Kier alpha value is -2.40. The minimum absolute atomic E-state index is 0.266. The monoisotopic (exact) mass is 341 g/mol. The second kappa shape index (κ2) is 7.01. The number of ether oxygens (including phenoxy) is 1.